The molecule has 0 aromatic heterocycles. The second kappa shape index (κ2) is 3.31. The van der Waals surface area contributed by atoms with Crippen molar-refractivity contribution in [2.45, 2.75) is 0 Å². The minimum absolute atomic E-state index is 0.182. The third-order valence-corrected chi connectivity index (χ3v) is 2.29. The molecule has 0 bridgehead atoms. The quantitative estimate of drug-likeness (QED) is 0.822. The number of rotatable bonds is 3. The van der Waals surface area contributed by atoms with Crippen molar-refractivity contribution in [1.29, 1.82) is 0 Å². The predicted molar refractivity (Wildman–Crippen MR) is 55.3 cm³/mol. The van der Waals surface area contributed by atoms with Crippen LogP contribution in [0.5, 0.6) is 17.2 Å². The Hall–Kier alpha value is -1.97. The van der Waals surface area contributed by atoms with Crippen LogP contribution in [0.4, 0.5) is 0 Å². The molecular weight excluding hydrogens is 196 g/mol. The monoisotopic (exact) mass is 206 g/mol. The first kappa shape index (κ1) is 9.58. The molecule has 1 N–H and O–H groups in total. The molecule has 2 aromatic rings. The Kier molecular flexibility index (Phi) is 2.11. The van der Waals surface area contributed by atoms with Crippen LogP contribution in [0.2, 0.25) is 0 Å². The van der Waals surface area contributed by atoms with Crippen LogP contribution in [-0.2, 0) is 0 Å². The maximum Gasteiger partial charge on any atom is 0.232 e. The molecule has 0 saturated carbocycles. The van der Waals surface area contributed by atoms with E-state index in [2.05, 4.69) is 0 Å². The Morgan fingerprint density at radius 2 is 1.87 bits per heavy atom. The fourth-order valence-electron chi connectivity index (χ4n) is 1.42. The van der Waals surface area contributed by atoms with E-state index >= 15 is 0 Å². The standard InChI is InChI=1S/C11H10O4/c1-14-6-3-4-7(8(5-6)15-2)9-10(12)11(9)13/h3-5,12H,1-2H3. The summed E-state index contributed by atoms with van der Waals surface area (Å²) < 4.78 is 10.1. The molecule has 4 nitrogen and oxygen atoms in total. The molecule has 0 aliphatic carbocycles. The SMILES string of the molecule is COc1ccc(-c2c(O)c2=O)c(OC)c1. The zero-order valence-electron chi connectivity index (χ0n) is 8.40. The van der Waals surface area contributed by atoms with Gasteiger partial charge >= 0.3 is 0 Å². The van der Waals surface area contributed by atoms with Crippen molar-refractivity contribution in [2.75, 3.05) is 14.2 Å². The molecule has 0 amide bonds. The molecule has 2 aromatic carbocycles. The van der Waals surface area contributed by atoms with Gasteiger partial charge in [-0.15, -0.1) is 0 Å². The van der Waals surface area contributed by atoms with Crippen LogP contribution in [0.3, 0.4) is 0 Å². The average molecular weight is 206 g/mol. The summed E-state index contributed by atoms with van der Waals surface area (Å²) in [4.78, 5) is 11.0. The second-order valence-electron chi connectivity index (χ2n) is 3.12. The molecule has 4 heteroatoms. The van der Waals surface area contributed by atoms with Gasteiger partial charge in [-0.3, -0.25) is 4.79 Å². The first-order valence-electron chi connectivity index (χ1n) is 4.39. The molecule has 0 unspecified atom stereocenters. The van der Waals surface area contributed by atoms with E-state index in [1.54, 1.807) is 25.3 Å². The third kappa shape index (κ3) is 1.44. The van der Waals surface area contributed by atoms with E-state index in [0.29, 0.717) is 22.6 Å². The highest BCUT2D eigenvalue weighted by Gasteiger charge is 2.26. The Morgan fingerprint density at radius 3 is 2.33 bits per heavy atom. The van der Waals surface area contributed by atoms with E-state index < -0.39 is 0 Å². The lowest BCUT2D eigenvalue weighted by Gasteiger charge is -2.06. The van der Waals surface area contributed by atoms with Crippen molar-refractivity contribution >= 4 is 0 Å². The van der Waals surface area contributed by atoms with E-state index in [0.717, 1.165) is 0 Å². The van der Waals surface area contributed by atoms with E-state index in [4.69, 9.17) is 14.6 Å². The van der Waals surface area contributed by atoms with Gasteiger partial charge in [0.1, 0.15) is 11.5 Å². The smallest absolute Gasteiger partial charge is 0.232 e. The van der Waals surface area contributed by atoms with Gasteiger partial charge in [-0.25, -0.2) is 0 Å². The van der Waals surface area contributed by atoms with Crippen molar-refractivity contribution in [2.24, 2.45) is 0 Å². The maximum atomic E-state index is 11.0. The molecule has 0 aliphatic rings. The summed E-state index contributed by atoms with van der Waals surface area (Å²) >= 11 is 0. The molecule has 15 heavy (non-hydrogen) atoms. The lowest BCUT2D eigenvalue weighted by molar-refractivity contribution is 0.395. The van der Waals surface area contributed by atoms with Crippen molar-refractivity contribution in [3.63, 3.8) is 0 Å². The first-order chi connectivity index (χ1) is 7.19. The van der Waals surface area contributed by atoms with Crippen LogP contribution in [0, 0.1) is 0 Å². The summed E-state index contributed by atoms with van der Waals surface area (Å²) in [6.45, 7) is 0. The van der Waals surface area contributed by atoms with Gasteiger partial charge in [0.25, 0.3) is 0 Å². The molecule has 0 atom stereocenters. The number of benzene rings is 1. The van der Waals surface area contributed by atoms with Gasteiger partial charge in [0, 0.05) is 11.6 Å². The minimum atomic E-state index is -0.321. The Morgan fingerprint density at radius 1 is 1.20 bits per heavy atom. The van der Waals surface area contributed by atoms with Gasteiger partial charge in [-0.1, -0.05) is 0 Å². The molecule has 0 fully saturated rings. The van der Waals surface area contributed by atoms with Crippen molar-refractivity contribution < 1.29 is 14.6 Å². The molecule has 78 valence electrons. The van der Waals surface area contributed by atoms with Crippen LogP contribution < -0.4 is 14.9 Å². The Bertz CT molecular complexity index is 506. The number of hydrogen-bond donors (Lipinski definition) is 1. The summed E-state index contributed by atoms with van der Waals surface area (Å²) in [5.41, 5.74) is 0.605. The highest BCUT2D eigenvalue weighted by atomic mass is 16.5. The lowest BCUT2D eigenvalue weighted by Crippen LogP contribution is -1.89. The highest BCUT2D eigenvalue weighted by Crippen LogP contribution is 2.39. The Labute approximate surface area is 86.4 Å². The lowest BCUT2D eigenvalue weighted by atomic mass is 10.1. The number of ether oxygens (including phenoxy) is 2. The van der Waals surface area contributed by atoms with Crippen molar-refractivity contribution in [3.05, 3.63) is 28.4 Å². The van der Waals surface area contributed by atoms with Gasteiger partial charge in [-0.2, -0.15) is 0 Å². The minimum Gasteiger partial charge on any atom is -0.504 e. The van der Waals surface area contributed by atoms with Crippen LogP contribution >= 0.6 is 0 Å². The molecule has 0 saturated heterocycles. The average Bonchev–Trinajstić information content (AvgIpc) is 2.86. The molecule has 0 radical (unpaired) electrons. The second-order valence-corrected chi connectivity index (χ2v) is 3.12. The fraction of sp³-hybridized carbons (Fsp3) is 0.182. The van der Waals surface area contributed by atoms with Crippen molar-refractivity contribution in [3.8, 4) is 28.4 Å². The summed E-state index contributed by atoms with van der Waals surface area (Å²) in [6.07, 6.45) is 0. The van der Waals surface area contributed by atoms with E-state index in [-0.39, 0.29) is 11.2 Å². The van der Waals surface area contributed by atoms with Crippen LogP contribution in [0.1, 0.15) is 0 Å². The predicted octanol–water partition coefficient (Wildman–Crippen LogP) is 1.31. The molecule has 0 aliphatic heterocycles. The largest absolute Gasteiger partial charge is 0.504 e. The zero-order chi connectivity index (χ0) is 11.0. The molecule has 2 rings (SSSR count). The van der Waals surface area contributed by atoms with Crippen LogP contribution in [0.25, 0.3) is 11.1 Å². The van der Waals surface area contributed by atoms with E-state index in [1.807, 2.05) is 0 Å². The summed E-state index contributed by atoms with van der Waals surface area (Å²) in [6, 6.07) is 5.07. The van der Waals surface area contributed by atoms with Gasteiger partial charge in [-0.05, 0) is 12.1 Å². The zero-order valence-corrected chi connectivity index (χ0v) is 8.40. The number of hydrogen-bond acceptors (Lipinski definition) is 4. The summed E-state index contributed by atoms with van der Waals surface area (Å²) in [5.74, 6) is 0.976. The van der Waals surface area contributed by atoms with E-state index in [9.17, 15) is 4.79 Å². The maximum absolute atomic E-state index is 11.0. The van der Waals surface area contributed by atoms with Gasteiger partial charge in [0.05, 0.1) is 19.8 Å². The summed E-state index contributed by atoms with van der Waals surface area (Å²) in [5, 5.41) is 9.14. The molecule has 0 spiro atoms. The Balaban J connectivity index is 2.49. The van der Waals surface area contributed by atoms with E-state index in [1.165, 1.54) is 7.11 Å². The van der Waals surface area contributed by atoms with Crippen LogP contribution in [-0.4, -0.2) is 19.3 Å². The topological polar surface area (TPSA) is 55.8 Å². The third-order valence-electron chi connectivity index (χ3n) is 2.29. The first-order valence-corrected chi connectivity index (χ1v) is 4.39. The van der Waals surface area contributed by atoms with Gasteiger partial charge in [0.2, 0.25) is 5.43 Å². The normalized spacial score (nSPS) is 10.5. The number of aromatic hydroxyl groups is 1. The fourth-order valence-corrected chi connectivity index (χ4v) is 1.42. The number of methoxy groups -OCH3 is 2. The van der Waals surface area contributed by atoms with Crippen LogP contribution in [0.15, 0.2) is 23.0 Å². The molecular formula is C11H10O4. The van der Waals surface area contributed by atoms with Gasteiger partial charge in [0.15, 0.2) is 5.75 Å². The molecule has 0 heterocycles. The van der Waals surface area contributed by atoms with Crippen molar-refractivity contribution in [1.82, 2.24) is 0 Å². The summed E-state index contributed by atoms with van der Waals surface area (Å²) in [7, 11) is 3.05. The van der Waals surface area contributed by atoms with Gasteiger partial charge < -0.3 is 14.6 Å². The highest BCUT2D eigenvalue weighted by molar-refractivity contribution is 5.84.